The Morgan fingerprint density at radius 2 is 0.611 bits per heavy atom. The van der Waals surface area contributed by atoms with Crippen molar-refractivity contribution in [3.63, 3.8) is 0 Å². The van der Waals surface area contributed by atoms with Gasteiger partial charge in [-0.2, -0.15) is 0 Å². The molecule has 0 heterocycles. The van der Waals surface area contributed by atoms with Crippen LogP contribution in [-0.4, -0.2) is 116 Å². The molecule has 210 valence electrons. The van der Waals surface area contributed by atoms with Crippen molar-refractivity contribution in [1.82, 2.24) is 9.80 Å². The molecule has 2 N–H and O–H groups in total. The monoisotopic (exact) mass is 542 g/mol. The van der Waals surface area contributed by atoms with Gasteiger partial charge in [-0.1, -0.05) is 0 Å². The highest BCUT2D eigenvalue weighted by atomic mass is 17.0. The quantitative estimate of drug-likeness (QED) is 0.128. The molecular formula is C10H22N8O18. The Balaban J connectivity index is -0.00000118. The van der Waals surface area contributed by atoms with Crippen molar-refractivity contribution in [3.8, 4) is 0 Å². The van der Waals surface area contributed by atoms with Crippen molar-refractivity contribution in [2.24, 2.45) is 0 Å². The van der Waals surface area contributed by atoms with Crippen molar-refractivity contribution < 1.29 is 60.3 Å². The second-order valence-electron chi connectivity index (χ2n) is 5.39. The summed E-state index contributed by atoms with van der Waals surface area (Å²) >= 11 is 0. The number of nitrogens with zero attached hydrogens (tertiary/aromatic N) is 8. The first-order chi connectivity index (χ1) is 16.7. The Morgan fingerprint density at radius 3 is 0.750 bits per heavy atom. The largest absolute Gasteiger partial charge is 0.328 e. The molecule has 0 saturated carbocycles. The molecule has 0 amide bonds. The van der Waals surface area contributed by atoms with E-state index in [1.54, 1.807) is 9.80 Å². The Labute approximate surface area is 197 Å². The van der Waals surface area contributed by atoms with Crippen LogP contribution >= 0.6 is 0 Å². The normalized spacial score (nSPS) is 9.50. The minimum absolute atomic E-state index is 0.0483. The fourth-order valence-electron chi connectivity index (χ4n) is 1.93. The number of hydrogen-bond acceptors (Lipinski definition) is 18. The number of hydrogen-bond donors (Lipinski definition) is 2. The van der Waals surface area contributed by atoms with E-state index in [0.717, 1.165) is 0 Å². The van der Waals surface area contributed by atoms with Gasteiger partial charge < -0.3 is 29.8 Å². The third-order valence-electron chi connectivity index (χ3n) is 3.15. The second kappa shape index (κ2) is 23.3. The SMILES string of the molecule is O=[N+]([O-])O.O=[N+]([O-])O.O=[N+]([O-])OCCN(CCO[N+](=O)[O-])CCN(CCO[N+](=O)[O-])CCO[N+](=O)[O-]. The van der Waals surface area contributed by atoms with Gasteiger partial charge in [0, 0.05) is 39.3 Å². The lowest BCUT2D eigenvalue weighted by molar-refractivity contribution is -0.759. The van der Waals surface area contributed by atoms with E-state index in [1.807, 2.05) is 0 Å². The van der Waals surface area contributed by atoms with Crippen LogP contribution in [0.3, 0.4) is 0 Å². The van der Waals surface area contributed by atoms with Gasteiger partial charge in [-0.3, -0.25) is 9.80 Å². The van der Waals surface area contributed by atoms with Crippen LogP contribution in [0, 0.1) is 60.7 Å². The van der Waals surface area contributed by atoms with Gasteiger partial charge in [-0.15, -0.1) is 60.7 Å². The van der Waals surface area contributed by atoms with Crippen LogP contribution in [-0.2, 0) is 19.4 Å². The summed E-state index contributed by atoms with van der Waals surface area (Å²) < 4.78 is 0. The van der Waals surface area contributed by atoms with Crippen LogP contribution in [0.4, 0.5) is 0 Å². The molecule has 0 aromatic heterocycles. The topological polar surface area (TPSA) is 343 Å². The fourth-order valence-corrected chi connectivity index (χ4v) is 1.93. The van der Waals surface area contributed by atoms with Crippen LogP contribution < -0.4 is 0 Å². The smallest absolute Gasteiger partial charge is 0.294 e. The molecule has 0 aliphatic carbocycles. The second-order valence-corrected chi connectivity index (χ2v) is 5.39. The summed E-state index contributed by atoms with van der Waals surface area (Å²) in [5, 5.41) is 64.1. The minimum atomic E-state index is -1.50. The average Bonchev–Trinajstić information content (AvgIpc) is 2.69. The molecule has 0 atom stereocenters. The van der Waals surface area contributed by atoms with Gasteiger partial charge in [-0.25, -0.2) is 0 Å². The minimum Gasteiger partial charge on any atom is -0.328 e. The highest BCUT2D eigenvalue weighted by Gasteiger charge is 2.12. The predicted octanol–water partition coefficient (Wildman–Crippen LogP) is -2.27. The standard InChI is InChI=1S/C10H20N6O12.2HNO3/c17-13(18)25-7-3-11(4-8-26-14(19)20)1-2-12(5-9-27-15(21)22)6-10-28-16(23)24;2*2-1(3)4/h1-10H2;2*(H,2,3,4). The molecule has 0 saturated heterocycles. The molecule has 0 radical (unpaired) electrons. The lowest BCUT2D eigenvalue weighted by Crippen LogP contribution is -2.41. The van der Waals surface area contributed by atoms with E-state index in [0.29, 0.717) is 0 Å². The first-order valence-corrected chi connectivity index (χ1v) is 8.87. The third-order valence-corrected chi connectivity index (χ3v) is 3.15. The average molecular weight is 542 g/mol. The van der Waals surface area contributed by atoms with Crippen molar-refractivity contribution in [1.29, 1.82) is 0 Å². The van der Waals surface area contributed by atoms with Crippen LogP contribution in [0.25, 0.3) is 0 Å². The lowest BCUT2D eigenvalue weighted by Gasteiger charge is -2.26. The van der Waals surface area contributed by atoms with Crippen LogP contribution in [0.5, 0.6) is 0 Å². The molecule has 26 nitrogen and oxygen atoms in total. The summed E-state index contributed by atoms with van der Waals surface area (Å²) in [6, 6.07) is 0. The zero-order valence-electron chi connectivity index (χ0n) is 18.1. The van der Waals surface area contributed by atoms with E-state index in [9.17, 15) is 40.5 Å². The molecule has 0 aliphatic heterocycles. The molecule has 0 spiro atoms. The Kier molecular flexibility index (Phi) is 23.1. The van der Waals surface area contributed by atoms with Gasteiger partial charge in [0.1, 0.15) is 26.4 Å². The summed E-state index contributed by atoms with van der Waals surface area (Å²) in [5.74, 6) is 0. The van der Waals surface area contributed by atoms with Crippen LogP contribution in [0.2, 0.25) is 0 Å². The van der Waals surface area contributed by atoms with Crippen LogP contribution in [0.15, 0.2) is 0 Å². The third kappa shape index (κ3) is 39.6. The van der Waals surface area contributed by atoms with Gasteiger partial charge in [-0.05, 0) is 0 Å². The molecule has 26 heteroatoms. The van der Waals surface area contributed by atoms with Gasteiger partial charge >= 0.3 is 0 Å². The lowest BCUT2D eigenvalue weighted by atomic mass is 10.4. The molecule has 0 aromatic carbocycles. The zero-order chi connectivity index (χ0) is 28.5. The Hall–Kier alpha value is -4.88. The van der Waals surface area contributed by atoms with Gasteiger partial charge in [0.25, 0.3) is 30.5 Å². The van der Waals surface area contributed by atoms with Gasteiger partial charge in [0.2, 0.25) is 0 Å². The summed E-state index contributed by atoms with van der Waals surface area (Å²) in [6.45, 7) is -0.557. The van der Waals surface area contributed by atoms with E-state index < -0.39 is 30.5 Å². The molecule has 0 rings (SSSR count). The van der Waals surface area contributed by atoms with Gasteiger partial charge in [0.15, 0.2) is 0 Å². The highest BCUT2D eigenvalue weighted by molar-refractivity contribution is 4.63. The summed E-state index contributed by atoms with van der Waals surface area (Å²) in [5.41, 5.74) is 0. The van der Waals surface area contributed by atoms with Crippen molar-refractivity contribution >= 4 is 0 Å². The summed E-state index contributed by atoms with van der Waals surface area (Å²) in [7, 11) is 0. The summed E-state index contributed by atoms with van der Waals surface area (Å²) in [4.78, 5) is 77.4. The van der Waals surface area contributed by atoms with Crippen molar-refractivity contribution in [2.75, 3.05) is 65.7 Å². The van der Waals surface area contributed by atoms with E-state index in [2.05, 4.69) is 19.4 Å². The first-order valence-electron chi connectivity index (χ1n) is 8.87. The fraction of sp³-hybridized carbons (Fsp3) is 1.00. The maximum Gasteiger partial charge on any atom is 0.294 e. The Bertz CT molecular complexity index is 576. The van der Waals surface area contributed by atoms with Crippen molar-refractivity contribution in [3.05, 3.63) is 60.7 Å². The molecular weight excluding hydrogens is 520 g/mol. The van der Waals surface area contributed by atoms with E-state index in [1.165, 1.54) is 0 Å². The maximum atomic E-state index is 10.2. The van der Waals surface area contributed by atoms with Crippen LogP contribution in [0.1, 0.15) is 0 Å². The van der Waals surface area contributed by atoms with E-state index in [4.69, 9.17) is 30.6 Å². The molecule has 0 aliphatic rings. The zero-order valence-corrected chi connectivity index (χ0v) is 18.1. The van der Waals surface area contributed by atoms with E-state index in [-0.39, 0.29) is 65.7 Å². The molecule has 0 unspecified atom stereocenters. The number of rotatable bonds is 19. The summed E-state index contributed by atoms with van der Waals surface area (Å²) in [6.07, 6.45) is 0. The first kappa shape index (κ1) is 35.7. The molecule has 36 heavy (non-hydrogen) atoms. The molecule has 0 bridgehead atoms. The highest BCUT2D eigenvalue weighted by Crippen LogP contribution is 1.96. The van der Waals surface area contributed by atoms with Gasteiger partial charge in [0.05, 0.1) is 0 Å². The van der Waals surface area contributed by atoms with E-state index >= 15 is 0 Å². The molecule has 0 aromatic rings. The van der Waals surface area contributed by atoms with Crippen molar-refractivity contribution in [2.45, 2.75) is 0 Å². The Morgan fingerprint density at radius 1 is 0.444 bits per heavy atom. The molecule has 0 fully saturated rings. The predicted molar refractivity (Wildman–Crippen MR) is 102 cm³/mol. The maximum absolute atomic E-state index is 10.2.